The molecule has 1 aromatic heterocycles. The van der Waals surface area contributed by atoms with Crippen LogP contribution in [0.3, 0.4) is 0 Å². The van der Waals surface area contributed by atoms with Gasteiger partial charge >= 0.3 is 0 Å². The second kappa shape index (κ2) is 5.89. The molecule has 4 heterocycles. The molecule has 8 heteroatoms. The lowest BCUT2D eigenvalue weighted by molar-refractivity contribution is -0.209. The molecule has 0 unspecified atom stereocenters. The van der Waals surface area contributed by atoms with Crippen molar-refractivity contribution >= 4 is 22.7 Å². The molecule has 0 spiro atoms. The van der Waals surface area contributed by atoms with Crippen LogP contribution in [0.2, 0.25) is 5.02 Å². The lowest BCUT2D eigenvalue weighted by atomic mass is 10.0. The summed E-state index contributed by atoms with van der Waals surface area (Å²) in [7, 11) is 0. The van der Waals surface area contributed by atoms with Crippen molar-refractivity contribution in [3.63, 3.8) is 0 Å². The largest absolute Gasteiger partial charge is 0.438 e. The van der Waals surface area contributed by atoms with Crippen LogP contribution in [-0.4, -0.2) is 47.6 Å². The molecule has 7 nitrogen and oxygen atoms in total. The maximum absolute atomic E-state index is 6.30. The fourth-order valence-electron chi connectivity index (χ4n) is 4.04. The van der Waals surface area contributed by atoms with Crippen molar-refractivity contribution in [1.82, 2.24) is 4.98 Å². The second-order valence-corrected chi connectivity index (χ2v) is 8.55. The molecule has 0 bridgehead atoms. The van der Waals surface area contributed by atoms with Crippen molar-refractivity contribution in [3.8, 4) is 0 Å². The van der Waals surface area contributed by atoms with Crippen LogP contribution in [0.25, 0.3) is 11.1 Å². The molecule has 2 aromatic rings. The van der Waals surface area contributed by atoms with Gasteiger partial charge in [0, 0.05) is 5.02 Å². The van der Waals surface area contributed by atoms with Gasteiger partial charge < -0.3 is 28.1 Å². The molecule has 146 valence electrons. The standard InChI is InChI=1S/C19H22ClNO6/c1-18(2)22-8-12(25-18)13-14-15(27-19(3,4)26-14)16(24-13)17-21-10-7-9(20)5-6-11(10)23-17/h5-7,12-16H,8H2,1-4H3/t12-,13+,14-,15-,16-/m1/s1. The maximum atomic E-state index is 6.30. The fraction of sp³-hybridized carbons (Fsp3) is 0.632. The number of rotatable bonds is 2. The van der Waals surface area contributed by atoms with E-state index in [0.717, 1.165) is 0 Å². The number of halogens is 1. The minimum absolute atomic E-state index is 0.256. The summed E-state index contributed by atoms with van der Waals surface area (Å²) in [5.41, 5.74) is 1.33. The first-order chi connectivity index (χ1) is 12.7. The zero-order valence-electron chi connectivity index (χ0n) is 15.6. The predicted molar refractivity (Wildman–Crippen MR) is 95.4 cm³/mol. The van der Waals surface area contributed by atoms with E-state index in [1.54, 1.807) is 18.2 Å². The molecule has 1 aromatic carbocycles. The van der Waals surface area contributed by atoms with Gasteiger partial charge in [0.1, 0.15) is 29.9 Å². The van der Waals surface area contributed by atoms with Crippen LogP contribution >= 0.6 is 11.6 Å². The van der Waals surface area contributed by atoms with Gasteiger partial charge in [0.05, 0.1) is 6.61 Å². The topological polar surface area (TPSA) is 72.2 Å². The highest BCUT2D eigenvalue weighted by Gasteiger charge is 2.60. The van der Waals surface area contributed by atoms with Crippen LogP contribution in [-0.2, 0) is 23.7 Å². The Labute approximate surface area is 161 Å². The van der Waals surface area contributed by atoms with Crippen molar-refractivity contribution in [2.24, 2.45) is 0 Å². The maximum Gasteiger partial charge on any atom is 0.227 e. The van der Waals surface area contributed by atoms with E-state index in [-0.39, 0.29) is 24.4 Å². The molecule has 0 N–H and O–H groups in total. The first-order valence-electron chi connectivity index (χ1n) is 9.10. The van der Waals surface area contributed by atoms with E-state index in [1.807, 2.05) is 27.7 Å². The third kappa shape index (κ3) is 3.06. The first-order valence-corrected chi connectivity index (χ1v) is 9.47. The van der Waals surface area contributed by atoms with Crippen LogP contribution in [0.5, 0.6) is 0 Å². The number of nitrogens with zero attached hydrogens (tertiary/aromatic N) is 1. The average molecular weight is 396 g/mol. The third-order valence-corrected chi connectivity index (χ3v) is 5.33. The van der Waals surface area contributed by atoms with Crippen LogP contribution in [0.15, 0.2) is 22.6 Å². The van der Waals surface area contributed by atoms with E-state index in [1.165, 1.54) is 0 Å². The first kappa shape index (κ1) is 17.8. The number of fused-ring (bicyclic) bond motifs is 2. The highest BCUT2D eigenvalue weighted by atomic mass is 35.5. The van der Waals surface area contributed by atoms with E-state index in [9.17, 15) is 0 Å². The number of ether oxygens (including phenoxy) is 5. The summed E-state index contributed by atoms with van der Waals surface area (Å²) >= 11 is 6.06. The molecule has 3 aliphatic heterocycles. The van der Waals surface area contributed by atoms with E-state index in [2.05, 4.69) is 4.98 Å². The summed E-state index contributed by atoms with van der Waals surface area (Å²) in [4.78, 5) is 4.57. The van der Waals surface area contributed by atoms with E-state index in [0.29, 0.717) is 28.6 Å². The molecule has 0 radical (unpaired) electrons. The summed E-state index contributed by atoms with van der Waals surface area (Å²) in [6.07, 6.45) is -1.75. The highest BCUT2D eigenvalue weighted by molar-refractivity contribution is 6.31. The molecular formula is C19H22ClNO6. The number of aromatic nitrogens is 1. The molecule has 3 fully saturated rings. The van der Waals surface area contributed by atoms with Gasteiger partial charge in [-0.25, -0.2) is 4.98 Å². The van der Waals surface area contributed by atoms with Gasteiger partial charge in [0.2, 0.25) is 5.89 Å². The van der Waals surface area contributed by atoms with Crippen LogP contribution in [0.4, 0.5) is 0 Å². The summed E-state index contributed by atoms with van der Waals surface area (Å²) in [5.74, 6) is -0.922. The lowest BCUT2D eigenvalue weighted by Gasteiger charge is -2.26. The van der Waals surface area contributed by atoms with Crippen molar-refractivity contribution in [2.45, 2.75) is 69.8 Å². The smallest absolute Gasteiger partial charge is 0.227 e. The molecule has 3 saturated heterocycles. The van der Waals surface area contributed by atoms with Gasteiger partial charge in [-0.3, -0.25) is 0 Å². The number of hydrogen-bond donors (Lipinski definition) is 0. The van der Waals surface area contributed by atoms with Crippen LogP contribution < -0.4 is 0 Å². The van der Waals surface area contributed by atoms with Crippen molar-refractivity contribution in [1.29, 1.82) is 0 Å². The van der Waals surface area contributed by atoms with E-state index in [4.69, 9.17) is 39.7 Å². The summed E-state index contributed by atoms with van der Waals surface area (Å²) in [5, 5.41) is 0.603. The van der Waals surface area contributed by atoms with Crippen molar-refractivity contribution in [2.75, 3.05) is 6.61 Å². The molecule has 3 aliphatic rings. The quantitative estimate of drug-likeness (QED) is 0.769. The van der Waals surface area contributed by atoms with Gasteiger partial charge in [-0.2, -0.15) is 0 Å². The minimum atomic E-state index is -0.722. The lowest BCUT2D eigenvalue weighted by Crippen LogP contribution is -2.40. The van der Waals surface area contributed by atoms with Gasteiger partial charge in [-0.15, -0.1) is 0 Å². The number of oxazole rings is 1. The Kier molecular flexibility index (Phi) is 3.89. The predicted octanol–water partition coefficient (Wildman–Crippen LogP) is 3.59. The summed E-state index contributed by atoms with van der Waals surface area (Å²) in [6.45, 7) is 7.98. The SMILES string of the molecule is CC1(C)O[C@@H]2[C@H]([C@H]3COC(C)(C)O3)O[C@@H](c3nc4cc(Cl)ccc4o3)[C@@H]2O1. The fourth-order valence-corrected chi connectivity index (χ4v) is 4.21. The Hall–Kier alpha value is -1.22. The van der Waals surface area contributed by atoms with Crippen LogP contribution in [0.1, 0.15) is 39.7 Å². The Morgan fingerprint density at radius 1 is 1.00 bits per heavy atom. The molecule has 0 aliphatic carbocycles. The molecule has 5 rings (SSSR count). The van der Waals surface area contributed by atoms with Crippen molar-refractivity contribution in [3.05, 3.63) is 29.1 Å². The second-order valence-electron chi connectivity index (χ2n) is 8.12. The summed E-state index contributed by atoms with van der Waals surface area (Å²) in [6, 6.07) is 5.33. The third-order valence-electron chi connectivity index (χ3n) is 5.10. The highest BCUT2D eigenvalue weighted by Crippen LogP contribution is 2.47. The average Bonchev–Trinajstić information content (AvgIpc) is 3.28. The number of benzene rings is 1. The normalized spacial score (nSPS) is 37.1. The molecule has 0 amide bonds. The van der Waals surface area contributed by atoms with Gasteiger partial charge in [-0.1, -0.05) is 11.6 Å². The van der Waals surface area contributed by atoms with Crippen molar-refractivity contribution < 1.29 is 28.1 Å². The zero-order valence-corrected chi connectivity index (χ0v) is 16.4. The minimum Gasteiger partial charge on any atom is -0.438 e. The Morgan fingerprint density at radius 3 is 2.52 bits per heavy atom. The Morgan fingerprint density at radius 2 is 1.78 bits per heavy atom. The molecular weight excluding hydrogens is 374 g/mol. The van der Waals surface area contributed by atoms with E-state index >= 15 is 0 Å². The van der Waals surface area contributed by atoms with E-state index < -0.39 is 17.7 Å². The Balaban J connectivity index is 1.48. The van der Waals surface area contributed by atoms with Gasteiger partial charge in [-0.05, 0) is 45.9 Å². The number of hydrogen-bond acceptors (Lipinski definition) is 7. The van der Waals surface area contributed by atoms with Crippen LogP contribution in [0, 0.1) is 0 Å². The molecule has 27 heavy (non-hydrogen) atoms. The molecule has 0 saturated carbocycles. The molecule has 5 atom stereocenters. The van der Waals surface area contributed by atoms with Gasteiger partial charge in [0.15, 0.2) is 23.3 Å². The summed E-state index contributed by atoms with van der Waals surface area (Å²) < 4.78 is 36.2. The monoisotopic (exact) mass is 395 g/mol. The zero-order chi connectivity index (χ0) is 19.0. The van der Waals surface area contributed by atoms with Gasteiger partial charge in [0.25, 0.3) is 0 Å². The Bertz CT molecular complexity index is 880.